The van der Waals surface area contributed by atoms with Crippen molar-refractivity contribution in [2.24, 2.45) is 0 Å². The molecule has 0 aliphatic rings. The lowest BCUT2D eigenvalue weighted by molar-refractivity contribution is -0.122. The van der Waals surface area contributed by atoms with Gasteiger partial charge in [-0.3, -0.25) is 4.79 Å². The molecule has 0 aromatic rings. The van der Waals surface area contributed by atoms with E-state index in [1.807, 2.05) is 6.08 Å². The Labute approximate surface area is 355 Å². The number of rotatable bonds is 44. The van der Waals surface area contributed by atoms with E-state index in [1.165, 1.54) is 161 Å². The minimum absolute atomic E-state index is 0.121. The molecule has 0 heterocycles. The Morgan fingerprint density at radius 3 is 1.14 bits per heavy atom. The second-order valence-corrected chi connectivity index (χ2v) is 16.5. The van der Waals surface area contributed by atoms with Crippen molar-refractivity contribution in [2.45, 2.75) is 251 Å². The molecule has 57 heavy (non-hydrogen) atoms. The van der Waals surface area contributed by atoms with Crippen LogP contribution in [0.3, 0.4) is 0 Å². The predicted octanol–water partition coefficient (Wildman–Crippen LogP) is 15.9. The van der Waals surface area contributed by atoms with E-state index in [0.29, 0.717) is 6.42 Å². The second kappa shape index (κ2) is 48.2. The summed E-state index contributed by atoms with van der Waals surface area (Å²) in [6.45, 7) is 4.18. The lowest BCUT2D eigenvalue weighted by Gasteiger charge is -2.19. The van der Waals surface area contributed by atoms with Crippen molar-refractivity contribution in [3.05, 3.63) is 72.9 Å². The normalized spacial score (nSPS) is 13.5. The van der Waals surface area contributed by atoms with Gasteiger partial charge in [0, 0.05) is 6.42 Å². The van der Waals surface area contributed by atoms with Gasteiger partial charge in [0.25, 0.3) is 0 Å². The maximum Gasteiger partial charge on any atom is 0.220 e. The van der Waals surface area contributed by atoms with E-state index in [-0.39, 0.29) is 12.5 Å². The van der Waals surface area contributed by atoms with Gasteiger partial charge in [-0.2, -0.15) is 0 Å². The molecule has 0 spiro atoms. The highest BCUT2D eigenvalue weighted by atomic mass is 16.3. The number of carbonyl (C=O) groups excluding carboxylic acids is 1. The molecule has 0 radical (unpaired) electrons. The van der Waals surface area contributed by atoms with Gasteiger partial charge in [-0.05, 0) is 57.8 Å². The van der Waals surface area contributed by atoms with Crippen molar-refractivity contribution in [3.8, 4) is 0 Å². The van der Waals surface area contributed by atoms with Crippen molar-refractivity contribution in [1.82, 2.24) is 5.32 Å². The number of aliphatic hydroxyl groups is 2. The fourth-order valence-electron chi connectivity index (χ4n) is 7.21. The van der Waals surface area contributed by atoms with E-state index in [0.717, 1.165) is 57.8 Å². The van der Waals surface area contributed by atoms with Crippen LogP contribution in [0, 0.1) is 0 Å². The molecule has 0 aliphatic heterocycles. The lowest BCUT2D eigenvalue weighted by atomic mass is 10.0. The summed E-state index contributed by atoms with van der Waals surface area (Å²) in [6.07, 6.45) is 69.0. The molecule has 1 amide bonds. The maximum absolute atomic E-state index is 12.4. The summed E-state index contributed by atoms with van der Waals surface area (Å²) in [5, 5.41) is 23.0. The molecule has 2 atom stereocenters. The van der Waals surface area contributed by atoms with Crippen molar-refractivity contribution < 1.29 is 15.0 Å². The number of carbonyl (C=O) groups is 1. The van der Waals surface area contributed by atoms with Crippen molar-refractivity contribution in [1.29, 1.82) is 0 Å². The van der Waals surface area contributed by atoms with Crippen LogP contribution < -0.4 is 5.32 Å². The first-order chi connectivity index (χ1) is 28.2. The smallest absolute Gasteiger partial charge is 0.220 e. The summed E-state index contributed by atoms with van der Waals surface area (Å²) in [4.78, 5) is 12.4. The highest BCUT2D eigenvalue weighted by Crippen LogP contribution is 2.16. The molecule has 2 unspecified atom stereocenters. The topological polar surface area (TPSA) is 69.6 Å². The molecule has 0 aromatic heterocycles. The third kappa shape index (κ3) is 44.8. The standard InChI is InChI=1S/C53H95NO3/c1-3-5-7-9-11-13-15-17-19-21-22-23-24-25-26-27-28-29-30-31-33-34-36-38-40-42-44-46-48-52(56)51(50-55)54-53(57)49-47-45-43-41-39-37-35-32-20-18-16-14-12-10-8-6-4-2/h6,8,12,14,18,20,35,37,41,43,46,48,51-52,55-56H,3-5,7,9-11,13,15-17,19,21-34,36,38-40,42,44-45,47,49-50H2,1-2H3,(H,54,57)/b8-6-,14-12-,20-18-,37-35-,43-41-,48-46+. The van der Waals surface area contributed by atoms with Gasteiger partial charge in [0.15, 0.2) is 0 Å². The zero-order valence-electron chi connectivity index (χ0n) is 37.8. The van der Waals surface area contributed by atoms with Gasteiger partial charge in [-0.15, -0.1) is 0 Å². The predicted molar refractivity (Wildman–Crippen MR) is 253 cm³/mol. The molecule has 0 bridgehead atoms. The van der Waals surface area contributed by atoms with E-state index in [9.17, 15) is 15.0 Å². The van der Waals surface area contributed by atoms with Gasteiger partial charge >= 0.3 is 0 Å². The van der Waals surface area contributed by atoms with Gasteiger partial charge in [0.1, 0.15) is 0 Å². The molecule has 4 nitrogen and oxygen atoms in total. The number of amides is 1. The van der Waals surface area contributed by atoms with E-state index in [4.69, 9.17) is 0 Å². The summed E-state index contributed by atoms with van der Waals surface area (Å²) in [5.41, 5.74) is 0. The fraction of sp³-hybridized carbons (Fsp3) is 0.755. The number of hydrogen-bond donors (Lipinski definition) is 3. The van der Waals surface area contributed by atoms with Crippen LogP contribution in [-0.2, 0) is 4.79 Å². The fourth-order valence-corrected chi connectivity index (χ4v) is 7.21. The Balaban J connectivity index is 3.57. The average Bonchev–Trinajstić information content (AvgIpc) is 3.22. The molecule has 330 valence electrons. The highest BCUT2D eigenvalue weighted by Gasteiger charge is 2.17. The second-order valence-electron chi connectivity index (χ2n) is 16.5. The van der Waals surface area contributed by atoms with Gasteiger partial charge in [-0.1, -0.05) is 247 Å². The first kappa shape index (κ1) is 54.8. The van der Waals surface area contributed by atoms with E-state index < -0.39 is 12.1 Å². The van der Waals surface area contributed by atoms with Crippen LogP contribution in [0.4, 0.5) is 0 Å². The van der Waals surface area contributed by atoms with Crippen LogP contribution in [0.5, 0.6) is 0 Å². The van der Waals surface area contributed by atoms with E-state index in [2.05, 4.69) is 79.9 Å². The minimum Gasteiger partial charge on any atom is -0.394 e. The maximum atomic E-state index is 12.4. The summed E-state index contributed by atoms with van der Waals surface area (Å²) in [7, 11) is 0. The molecule has 3 N–H and O–H groups in total. The number of hydrogen-bond acceptors (Lipinski definition) is 3. The van der Waals surface area contributed by atoms with Gasteiger partial charge < -0.3 is 15.5 Å². The first-order valence-corrected chi connectivity index (χ1v) is 24.7. The zero-order chi connectivity index (χ0) is 41.4. The molecule has 4 heteroatoms. The van der Waals surface area contributed by atoms with Crippen LogP contribution >= 0.6 is 0 Å². The number of unbranched alkanes of at least 4 members (excludes halogenated alkanes) is 27. The molecular formula is C53H95NO3. The van der Waals surface area contributed by atoms with E-state index >= 15 is 0 Å². The highest BCUT2D eigenvalue weighted by molar-refractivity contribution is 5.76. The SMILES string of the molecule is CC/C=C\C/C=C\C/C=C\C/C=C\C/C=C\CCCC(=O)NC(CO)C(O)/C=C/CCCCCCCCCCCCCCCCCCCCCCCCCCCC. The van der Waals surface area contributed by atoms with E-state index in [1.54, 1.807) is 6.08 Å². The quantitative estimate of drug-likeness (QED) is 0.0425. The molecule has 0 saturated carbocycles. The lowest BCUT2D eigenvalue weighted by Crippen LogP contribution is -2.45. The summed E-state index contributed by atoms with van der Waals surface area (Å²) < 4.78 is 0. The van der Waals surface area contributed by atoms with Crippen LogP contribution in [0.1, 0.15) is 239 Å². The van der Waals surface area contributed by atoms with Crippen molar-refractivity contribution in [3.63, 3.8) is 0 Å². The molecule has 0 fully saturated rings. The average molecular weight is 794 g/mol. The molecule has 0 aromatic carbocycles. The summed E-state index contributed by atoms with van der Waals surface area (Å²) >= 11 is 0. The summed E-state index contributed by atoms with van der Waals surface area (Å²) in [6, 6.07) is -0.656. The first-order valence-electron chi connectivity index (χ1n) is 24.7. The summed E-state index contributed by atoms with van der Waals surface area (Å²) in [5.74, 6) is -0.121. The Hall–Kier alpha value is -2.17. The molecule has 0 saturated heterocycles. The van der Waals surface area contributed by atoms with Crippen LogP contribution in [0.2, 0.25) is 0 Å². The van der Waals surface area contributed by atoms with Crippen LogP contribution in [0.15, 0.2) is 72.9 Å². The number of aliphatic hydroxyl groups excluding tert-OH is 2. The molecular weight excluding hydrogens is 699 g/mol. The van der Waals surface area contributed by atoms with Gasteiger partial charge in [0.2, 0.25) is 5.91 Å². The number of allylic oxidation sites excluding steroid dienone is 11. The zero-order valence-corrected chi connectivity index (χ0v) is 37.8. The molecule has 0 aliphatic carbocycles. The molecule has 0 rings (SSSR count). The largest absolute Gasteiger partial charge is 0.394 e. The van der Waals surface area contributed by atoms with Crippen LogP contribution in [0.25, 0.3) is 0 Å². The van der Waals surface area contributed by atoms with Crippen LogP contribution in [-0.4, -0.2) is 34.9 Å². The van der Waals surface area contributed by atoms with Crippen molar-refractivity contribution in [2.75, 3.05) is 6.61 Å². The Kier molecular flexibility index (Phi) is 46.4. The van der Waals surface area contributed by atoms with Gasteiger partial charge in [0.05, 0.1) is 18.8 Å². The Bertz CT molecular complexity index is 992. The third-order valence-corrected chi connectivity index (χ3v) is 10.9. The third-order valence-electron chi connectivity index (χ3n) is 10.9. The monoisotopic (exact) mass is 794 g/mol. The number of nitrogens with one attached hydrogen (secondary N) is 1. The minimum atomic E-state index is -0.867. The Morgan fingerprint density at radius 2 is 0.772 bits per heavy atom. The van der Waals surface area contributed by atoms with Crippen molar-refractivity contribution >= 4 is 5.91 Å². The van der Waals surface area contributed by atoms with Gasteiger partial charge in [-0.25, -0.2) is 0 Å². The Morgan fingerprint density at radius 1 is 0.439 bits per heavy atom.